The highest BCUT2D eigenvalue weighted by atomic mass is 32.1. The summed E-state index contributed by atoms with van der Waals surface area (Å²) in [6, 6.07) is 9.52. The Kier molecular flexibility index (Phi) is 7.57. The summed E-state index contributed by atoms with van der Waals surface area (Å²) in [5, 5.41) is 19.5. The number of nitrogens with two attached hydrogens (primary N) is 1. The van der Waals surface area contributed by atoms with Crippen LogP contribution in [0.5, 0.6) is 0 Å². The zero-order valence-electron chi connectivity index (χ0n) is 15.9. The molecular weight excluding hydrogens is 441 g/mol. The van der Waals surface area contributed by atoms with Gasteiger partial charge in [-0.15, -0.1) is 0 Å². The summed E-state index contributed by atoms with van der Waals surface area (Å²) in [6.45, 7) is 0.622. The third-order valence-electron chi connectivity index (χ3n) is 4.39. The molecule has 0 spiro atoms. The molecule has 0 aliphatic carbocycles. The molecule has 5 N–H and O–H groups in total. The topological polar surface area (TPSA) is 146 Å². The van der Waals surface area contributed by atoms with E-state index < -0.39 is 23.7 Å². The van der Waals surface area contributed by atoms with E-state index in [1.807, 2.05) is 30.3 Å². The highest BCUT2D eigenvalue weighted by Crippen LogP contribution is 2.29. The normalized spacial score (nSPS) is 15.4. The first-order valence-electron chi connectivity index (χ1n) is 8.82. The standard InChI is InChI=1S/C16H18N4O3S.C2HF3O2/c17-16(13(21)22)6-8-20(9-7-16)15(23)19-14-18-10-12(24-14)11-4-2-1-3-5-11;3-2(4,5)1(6)7/h1-5,10H,6-9,17H2,(H,21,22)(H,18,19,23);(H,6,7). The molecule has 1 aromatic carbocycles. The summed E-state index contributed by atoms with van der Waals surface area (Å²) in [6.07, 6.45) is -2.88. The number of piperidine rings is 1. The summed E-state index contributed by atoms with van der Waals surface area (Å²) in [7, 11) is 0. The number of likely N-dealkylation sites (tertiary alicyclic amines) is 1. The number of rotatable bonds is 3. The number of urea groups is 1. The van der Waals surface area contributed by atoms with Crippen LogP contribution in [0.3, 0.4) is 0 Å². The lowest BCUT2D eigenvalue weighted by Gasteiger charge is -2.35. The van der Waals surface area contributed by atoms with Crippen LogP contribution < -0.4 is 11.1 Å². The number of carbonyl (C=O) groups is 3. The average molecular weight is 460 g/mol. The first-order valence-corrected chi connectivity index (χ1v) is 9.63. The lowest BCUT2D eigenvalue weighted by molar-refractivity contribution is -0.192. The van der Waals surface area contributed by atoms with Crippen LogP contribution in [0.15, 0.2) is 36.5 Å². The second kappa shape index (κ2) is 9.75. The number of halogens is 3. The molecule has 2 aromatic rings. The number of alkyl halides is 3. The molecule has 1 saturated heterocycles. The largest absolute Gasteiger partial charge is 0.490 e. The Bertz CT molecular complexity index is 928. The van der Waals surface area contributed by atoms with Crippen molar-refractivity contribution in [2.24, 2.45) is 5.73 Å². The molecule has 1 aromatic heterocycles. The van der Waals surface area contributed by atoms with Crippen LogP contribution in [-0.2, 0) is 9.59 Å². The van der Waals surface area contributed by atoms with Gasteiger partial charge < -0.3 is 20.8 Å². The smallest absolute Gasteiger partial charge is 0.480 e. The fourth-order valence-corrected chi connectivity index (χ4v) is 3.37. The van der Waals surface area contributed by atoms with E-state index >= 15 is 0 Å². The van der Waals surface area contributed by atoms with Crippen LogP contribution in [0.25, 0.3) is 10.4 Å². The number of aliphatic carboxylic acids is 2. The number of carboxylic acids is 2. The van der Waals surface area contributed by atoms with Crippen LogP contribution in [0.4, 0.5) is 23.1 Å². The number of anilines is 1. The monoisotopic (exact) mass is 460 g/mol. The maximum atomic E-state index is 12.3. The zero-order chi connectivity index (χ0) is 23.2. The number of nitrogens with zero attached hydrogens (tertiary/aromatic N) is 2. The van der Waals surface area contributed by atoms with Crippen LogP contribution >= 0.6 is 11.3 Å². The van der Waals surface area contributed by atoms with Crippen LogP contribution in [0.1, 0.15) is 12.8 Å². The second-order valence-electron chi connectivity index (χ2n) is 6.58. The van der Waals surface area contributed by atoms with E-state index in [1.54, 1.807) is 11.1 Å². The number of aromatic nitrogens is 1. The average Bonchev–Trinajstić information content (AvgIpc) is 3.17. The second-order valence-corrected chi connectivity index (χ2v) is 7.61. The van der Waals surface area contributed by atoms with Crippen LogP contribution in [-0.4, -0.2) is 62.9 Å². The molecular formula is C18H19F3N4O5S. The van der Waals surface area contributed by atoms with Gasteiger partial charge in [0.15, 0.2) is 5.13 Å². The minimum absolute atomic E-state index is 0.239. The van der Waals surface area contributed by atoms with E-state index in [-0.39, 0.29) is 18.9 Å². The van der Waals surface area contributed by atoms with E-state index in [0.717, 1.165) is 10.4 Å². The minimum Gasteiger partial charge on any atom is -0.480 e. The SMILES string of the molecule is NC1(C(=O)O)CCN(C(=O)Nc2ncc(-c3ccccc3)s2)CC1.O=C(O)C(F)(F)F. The van der Waals surface area contributed by atoms with E-state index in [1.165, 1.54) is 11.3 Å². The van der Waals surface area contributed by atoms with Crippen molar-refractivity contribution < 1.29 is 37.8 Å². The van der Waals surface area contributed by atoms with Crippen molar-refractivity contribution in [1.82, 2.24) is 9.88 Å². The van der Waals surface area contributed by atoms with Crippen molar-refractivity contribution in [2.75, 3.05) is 18.4 Å². The molecule has 1 aliphatic rings. The quantitative estimate of drug-likeness (QED) is 0.551. The zero-order valence-corrected chi connectivity index (χ0v) is 16.7. The van der Waals surface area contributed by atoms with Gasteiger partial charge in [0.25, 0.3) is 0 Å². The van der Waals surface area contributed by atoms with Crippen molar-refractivity contribution >= 4 is 34.4 Å². The molecule has 31 heavy (non-hydrogen) atoms. The van der Waals surface area contributed by atoms with E-state index in [4.69, 9.17) is 20.7 Å². The van der Waals surface area contributed by atoms with Crippen molar-refractivity contribution in [3.63, 3.8) is 0 Å². The molecule has 2 amide bonds. The Morgan fingerprint density at radius 2 is 1.68 bits per heavy atom. The number of amides is 2. The van der Waals surface area contributed by atoms with Crippen molar-refractivity contribution in [3.05, 3.63) is 36.5 Å². The van der Waals surface area contributed by atoms with Crippen molar-refractivity contribution in [2.45, 2.75) is 24.6 Å². The Labute approximate surface area is 178 Å². The van der Waals surface area contributed by atoms with Gasteiger partial charge in [0.05, 0.1) is 4.88 Å². The molecule has 13 heteroatoms. The lowest BCUT2D eigenvalue weighted by Crippen LogP contribution is -2.57. The van der Waals surface area contributed by atoms with Gasteiger partial charge in [-0.25, -0.2) is 14.6 Å². The molecule has 0 saturated carbocycles. The third kappa shape index (κ3) is 6.65. The van der Waals surface area contributed by atoms with Gasteiger partial charge in [0.1, 0.15) is 5.54 Å². The highest BCUT2D eigenvalue weighted by Gasteiger charge is 2.39. The Hall–Kier alpha value is -3.19. The van der Waals surface area contributed by atoms with Crippen LogP contribution in [0, 0.1) is 0 Å². The predicted octanol–water partition coefficient (Wildman–Crippen LogP) is 2.85. The molecule has 2 heterocycles. The molecule has 0 radical (unpaired) electrons. The predicted molar refractivity (Wildman–Crippen MR) is 106 cm³/mol. The molecule has 1 fully saturated rings. The molecule has 9 nitrogen and oxygen atoms in total. The highest BCUT2D eigenvalue weighted by molar-refractivity contribution is 7.19. The van der Waals surface area contributed by atoms with E-state index in [9.17, 15) is 22.8 Å². The van der Waals surface area contributed by atoms with Gasteiger partial charge in [0.2, 0.25) is 0 Å². The lowest BCUT2D eigenvalue weighted by atomic mass is 9.89. The molecule has 168 valence electrons. The van der Waals surface area contributed by atoms with Gasteiger partial charge in [-0.05, 0) is 18.4 Å². The fraction of sp³-hybridized carbons (Fsp3) is 0.333. The molecule has 0 atom stereocenters. The fourth-order valence-electron chi connectivity index (χ4n) is 2.56. The number of benzene rings is 1. The summed E-state index contributed by atoms with van der Waals surface area (Å²) in [5.74, 6) is -3.78. The van der Waals surface area contributed by atoms with Gasteiger partial charge in [0, 0.05) is 19.3 Å². The summed E-state index contributed by atoms with van der Waals surface area (Å²) in [4.78, 5) is 39.1. The Morgan fingerprint density at radius 3 is 2.16 bits per heavy atom. The van der Waals surface area contributed by atoms with Crippen LogP contribution in [0.2, 0.25) is 0 Å². The van der Waals surface area contributed by atoms with E-state index in [2.05, 4.69) is 10.3 Å². The molecule has 1 aliphatic heterocycles. The number of nitrogens with one attached hydrogen (secondary N) is 1. The first-order chi connectivity index (χ1) is 14.4. The summed E-state index contributed by atoms with van der Waals surface area (Å²) >= 11 is 1.39. The van der Waals surface area contributed by atoms with Gasteiger partial charge in [-0.1, -0.05) is 41.7 Å². The maximum absolute atomic E-state index is 12.3. The van der Waals surface area contributed by atoms with Crippen molar-refractivity contribution in [3.8, 4) is 10.4 Å². The first kappa shape index (κ1) is 24.1. The maximum Gasteiger partial charge on any atom is 0.490 e. The number of hydrogen-bond acceptors (Lipinski definition) is 6. The van der Waals surface area contributed by atoms with Crippen molar-refractivity contribution in [1.29, 1.82) is 0 Å². The summed E-state index contributed by atoms with van der Waals surface area (Å²) in [5.41, 5.74) is 5.62. The Morgan fingerprint density at radius 1 is 1.13 bits per heavy atom. The van der Waals surface area contributed by atoms with Gasteiger partial charge in [-0.3, -0.25) is 10.1 Å². The third-order valence-corrected chi connectivity index (χ3v) is 5.35. The number of hydrogen-bond donors (Lipinski definition) is 4. The van der Waals surface area contributed by atoms with Gasteiger partial charge >= 0.3 is 24.1 Å². The Balaban J connectivity index is 0.000000423. The number of carboxylic acid groups (broad SMARTS) is 2. The summed E-state index contributed by atoms with van der Waals surface area (Å²) < 4.78 is 31.7. The van der Waals surface area contributed by atoms with Gasteiger partial charge in [-0.2, -0.15) is 13.2 Å². The number of thiazole rings is 1. The van der Waals surface area contributed by atoms with E-state index in [0.29, 0.717) is 18.2 Å². The molecule has 0 unspecified atom stereocenters. The number of carbonyl (C=O) groups excluding carboxylic acids is 1. The molecule has 3 rings (SSSR count). The molecule has 0 bridgehead atoms. The minimum atomic E-state index is -5.08.